The summed E-state index contributed by atoms with van der Waals surface area (Å²) in [5.74, 6) is -1.58. The number of phosphoric acid groups is 2. The molecule has 0 saturated carbocycles. The number of ether oxygens (including phenoxy) is 3. The number of unbranched alkanes of at least 4 members (excludes halogenated alkanes) is 37. The molecule has 5 unspecified atom stereocenters. The lowest BCUT2D eigenvalue weighted by Gasteiger charge is -2.21. The maximum atomic E-state index is 13.1. The summed E-state index contributed by atoms with van der Waals surface area (Å²) < 4.78 is 61.6. The number of hydrogen-bond donors (Lipinski definition) is 4. The van der Waals surface area contributed by atoms with E-state index in [9.17, 15) is 43.5 Å². The standard InChI is InChI=1S/C103H174O16P2/c1-4-7-10-13-16-19-22-25-28-31-34-37-40-42-44-45-46-47-48-49-50-51-53-55-57-59-62-65-68-71-74-77-80-83-86-89-101(106)113-92-98(104)93-115-120(109,110)116-94-99(105)95-117-121(111,112)118-97-100(119-103(108)91-88-85-82-79-76-73-70-67-64-61-56-39-36-33-30-27-24-21-18-15-12-9-6-3)96-114-102(107)90-87-84-81-78-75-72-69-66-63-60-58-54-52-43-41-38-35-32-29-26-23-20-17-14-11-8-5-2/h7,9-10,12,16-21,25-30,34-39,42-44,46-47,52,61,64,98-100,104-105H,4-6,8,11,13-15,22-24,31-33,40-41,45,48-51,53-60,62-63,65-97H2,1-3H3,(H,109,110)(H,111,112)/b10-7-,12-9-,19-16-,20-17-,21-18-,28-25-,29-26-,30-27-,37-34-,38-35-,39-36-,44-42-,47-46-,52-43-,64-61-. The third-order valence-electron chi connectivity index (χ3n) is 20.1. The lowest BCUT2D eigenvalue weighted by Crippen LogP contribution is -2.30. The minimum atomic E-state index is -4.95. The van der Waals surface area contributed by atoms with Crippen LogP contribution in [0.4, 0.5) is 0 Å². The van der Waals surface area contributed by atoms with Crippen LogP contribution >= 0.6 is 15.6 Å². The molecule has 121 heavy (non-hydrogen) atoms. The molecule has 0 bridgehead atoms. The average molecular weight is 1730 g/mol. The van der Waals surface area contributed by atoms with Crippen molar-refractivity contribution in [3.8, 4) is 0 Å². The molecule has 0 heterocycles. The summed E-state index contributed by atoms with van der Waals surface area (Å²) in [5, 5.41) is 20.8. The van der Waals surface area contributed by atoms with Gasteiger partial charge >= 0.3 is 33.6 Å². The van der Waals surface area contributed by atoms with Crippen LogP contribution in [0, 0.1) is 0 Å². The highest BCUT2D eigenvalue weighted by Crippen LogP contribution is 2.45. The molecule has 0 saturated heterocycles. The van der Waals surface area contributed by atoms with E-state index in [0.717, 1.165) is 186 Å². The maximum Gasteiger partial charge on any atom is 0.472 e. The molecular formula is C103H174O16P2. The third-order valence-corrected chi connectivity index (χ3v) is 22.0. The Bertz CT molecular complexity index is 2930. The fourth-order valence-corrected chi connectivity index (χ4v) is 14.5. The number of aliphatic hydroxyl groups is 2. The quantitative estimate of drug-likeness (QED) is 0.0146. The summed E-state index contributed by atoms with van der Waals surface area (Å²) in [6.45, 7) is 2.46. The second-order valence-electron chi connectivity index (χ2n) is 31.8. The van der Waals surface area contributed by atoms with Crippen LogP contribution in [0.1, 0.15) is 393 Å². The zero-order chi connectivity index (χ0) is 87.9. The zero-order valence-corrected chi connectivity index (χ0v) is 78.2. The van der Waals surface area contributed by atoms with Gasteiger partial charge in [-0.3, -0.25) is 32.5 Å². The summed E-state index contributed by atoms with van der Waals surface area (Å²) >= 11 is 0. The van der Waals surface area contributed by atoms with E-state index < -0.39 is 91.5 Å². The molecule has 4 N–H and O–H groups in total. The third kappa shape index (κ3) is 95.2. The van der Waals surface area contributed by atoms with Crippen LogP contribution in [0.3, 0.4) is 0 Å². The number of carbonyl (C=O) groups excluding carboxylic acids is 3. The Morgan fingerprint density at radius 1 is 0.240 bits per heavy atom. The van der Waals surface area contributed by atoms with E-state index in [1.807, 2.05) is 0 Å². The highest BCUT2D eigenvalue weighted by molar-refractivity contribution is 7.47. The number of esters is 3. The fraction of sp³-hybridized carbons (Fsp3) is 0.680. The number of aliphatic hydroxyl groups excluding tert-OH is 2. The largest absolute Gasteiger partial charge is 0.472 e. The number of carbonyl (C=O) groups is 3. The monoisotopic (exact) mass is 1730 g/mol. The molecule has 0 amide bonds. The van der Waals surface area contributed by atoms with E-state index >= 15 is 0 Å². The van der Waals surface area contributed by atoms with E-state index in [2.05, 4.69) is 203 Å². The highest BCUT2D eigenvalue weighted by atomic mass is 31.2. The number of allylic oxidation sites excluding steroid dienone is 30. The van der Waals surface area contributed by atoms with Crippen molar-refractivity contribution in [2.45, 2.75) is 411 Å². The predicted molar refractivity (Wildman–Crippen MR) is 509 cm³/mol. The van der Waals surface area contributed by atoms with Gasteiger partial charge in [-0.25, -0.2) is 9.13 Å². The fourth-order valence-electron chi connectivity index (χ4n) is 12.9. The molecule has 0 rings (SSSR count). The van der Waals surface area contributed by atoms with Gasteiger partial charge in [0.25, 0.3) is 0 Å². The van der Waals surface area contributed by atoms with Crippen LogP contribution in [0.5, 0.6) is 0 Å². The van der Waals surface area contributed by atoms with E-state index in [1.54, 1.807) is 0 Å². The zero-order valence-electron chi connectivity index (χ0n) is 76.4. The van der Waals surface area contributed by atoms with Crippen LogP contribution in [0.25, 0.3) is 0 Å². The molecular weight excluding hydrogens is 1560 g/mol. The van der Waals surface area contributed by atoms with Crippen molar-refractivity contribution in [2.24, 2.45) is 0 Å². The second-order valence-corrected chi connectivity index (χ2v) is 34.7. The SMILES string of the molecule is CC/C=C\C/C=C\C/C=C\C/C=C\C/C=C\C/C=C\CCCCCCCCCCCCCCCCCCC(=O)OCC(O)COP(=O)(O)OCC(O)COP(=O)(O)OCC(COC(=O)CCCCCCCCCCCCC/C=C\C/C=C\C/C=C\C/C=C\CCCCC)OC(=O)CCCCCCCCC/C=C\C/C=C\C/C=C\C/C=C\C/C=C\CC. The minimum Gasteiger partial charge on any atom is -0.463 e. The van der Waals surface area contributed by atoms with Crippen molar-refractivity contribution in [3.05, 3.63) is 182 Å². The Labute approximate surface area is 738 Å². The molecule has 18 heteroatoms. The van der Waals surface area contributed by atoms with Crippen molar-refractivity contribution in [1.82, 2.24) is 0 Å². The van der Waals surface area contributed by atoms with Gasteiger partial charge in [0.05, 0.1) is 26.4 Å². The molecule has 0 aliphatic heterocycles. The molecule has 0 radical (unpaired) electrons. The molecule has 16 nitrogen and oxygen atoms in total. The summed E-state index contributed by atoms with van der Waals surface area (Å²) in [6.07, 6.45) is 124. The molecule has 5 atom stereocenters. The van der Waals surface area contributed by atoms with Crippen LogP contribution < -0.4 is 0 Å². The molecule has 0 spiro atoms. The minimum absolute atomic E-state index is 0.0863. The highest BCUT2D eigenvalue weighted by Gasteiger charge is 2.30. The van der Waals surface area contributed by atoms with Crippen LogP contribution in [-0.2, 0) is 55.8 Å². The van der Waals surface area contributed by atoms with Crippen molar-refractivity contribution in [2.75, 3.05) is 39.6 Å². The molecule has 0 aliphatic rings. The van der Waals surface area contributed by atoms with Gasteiger partial charge in [0, 0.05) is 19.3 Å². The number of rotatable bonds is 90. The van der Waals surface area contributed by atoms with E-state index in [4.69, 9.17) is 32.3 Å². The van der Waals surface area contributed by atoms with Gasteiger partial charge in [0.2, 0.25) is 0 Å². The van der Waals surface area contributed by atoms with Gasteiger partial charge < -0.3 is 34.2 Å². The average Bonchev–Trinajstić information content (AvgIpc) is 0.870. The van der Waals surface area contributed by atoms with E-state index in [0.29, 0.717) is 19.3 Å². The second kappa shape index (κ2) is 93.8. The van der Waals surface area contributed by atoms with Gasteiger partial charge in [-0.1, -0.05) is 396 Å². The smallest absolute Gasteiger partial charge is 0.463 e. The van der Waals surface area contributed by atoms with Gasteiger partial charge in [-0.15, -0.1) is 0 Å². The summed E-state index contributed by atoms with van der Waals surface area (Å²) in [4.78, 5) is 59.1. The van der Waals surface area contributed by atoms with Crippen molar-refractivity contribution < 1.29 is 75.8 Å². The van der Waals surface area contributed by atoms with Crippen LogP contribution in [0.2, 0.25) is 0 Å². The summed E-state index contributed by atoms with van der Waals surface area (Å²) in [6, 6.07) is 0. The Hall–Kier alpha value is -5.35. The van der Waals surface area contributed by atoms with Crippen LogP contribution in [-0.4, -0.2) is 95.9 Å². The Morgan fingerprint density at radius 3 is 0.694 bits per heavy atom. The summed E-state index contributed by atoms with van der Waals surface area (Å²) in [5.41, 5.74) is 0. The van der Waals surface area contributed by atoms with E-state index in [-0.39, 0.29) is 19.3 Å². The molecule has 0 aromatic rings. The number of hydrogen-bond acceptors (Lipinski definition) is 14. The van der Waals surface area contributed by atoms with Crippen molar-refractivity contribution in [3.63, 3.8) is 0 Å². The first-order valence-electron chi connectivity index (χ1n) is 48.1. The molecule has 0 aromatic heterocycles. The molecule has 0 fully saturated rings. The van der Waals surface area contributed by atoms with Gasteiger partial charge in [-0.05, 0) is 161 Å². The van der Waals surface area contributed by atoms with E-state index in [1.165, 1.54) is 148 Å². The summed E-state index contributed by atoms with van der Waals surface area (Å²) in [7, 11) is -9.82. The van der Waals surface area contributed by atoms with Gasteiger partial charge in [0.15, 0.2) is 6.10 Å². The van der Waals surface area contributed by atoms with Gasteiger partial charge in [-0.2, -0.15) is 0 Å². The van der Waals surface area contributed by atoms with Crippen molar-refractivity contribution in [1.29, 1.82) is 0 Å². The maximum absolute atomic E-state index is 13.1. The Kier molecular flexibility index (Phi) is 89.6. The lowest BCUT2D eigenvalue weighted by molar-refractivity contribution is -0.161. The first kappa shape index (κ1) is 116. The van der Waals surface area contributed by atoms with Crippen molar-refractivity contribution >= 4 is 33.6 Å². The Balaban J connectivity index is 4.57. The predicted octanol–water partition coefficient (Wildman–Crippen LogP) is 30.0. The van der Waals surface area contributed by atoms with Crippen LogP contribution in [0.15, 0.2) is 182 Å². The first-order chi connectivity index (χ1) is 59.2. The Morgan fingerprint density at radius 2 is 0.438 bits per heavy atom. The topological polar surface area (TPSA) is 231 Å². The normalized spacial score (nSPS) is 14.5. The van der Waals surface area contributed by atoms with Gasteiger partial charge in [0.1, 0.15) is 25.4 Å². The lowest BCUT2D eigenvalue weighted by atomic mass is 10.0. The molecule has 692 valence electrons. The number of phosphoric ester groups is 2. The first-order valence-corrected chi connectivity index (χ1v) is 51.1. The molecule has 0 aliphatic carbocycles. The molecule has 0 aromatic carbocycles.